The molecular formula is C11H13FO4. The second-order valence-corrected chi connectivity index (χ2v) is 3.43. The van der Waals surface area contributed by atoms with Crippen LogP contribution >= 0.6 is 0 Å². The number of hydrogen-bond acceptors (Lipinski definition) is 4. The first-order chi connectivity index (χ1) is 7.74. The molecular weight excluding hydrogens is 215 g/mol. The van der Waals surface area contributed by atoms with Crippen LogP contribution in [0, 0.1) is 5.82 Å². The van der Waals surface area contributed by atoms with Crippen LogP contribution in [0.4, 0.5) is 4.39 Å². The highest BCUT2D eigenvalue weighted by molar-refractivity contribution is 5.48. The van der Waals surface area contributed by atoms with Crippen LogP contribution in [0.25, 0.3) is 0 Å². The topological polar surface area (TPSA) is 47.9 Å². The van der Waals surface area contributed by atoms with Crippen LogP contribution in [0.5, 0.6) is 11.5 Å². The summed E-state index contributed by atoms with van der Waals surface area (Å²) in [5, 5.41) is 9.59. The molecule has 1 atom stereocenters. The van der Waals surface area contributed by atoms with Crippen molar-refractivity contribution in [3.8, 4) is 11.5 Å². The number of ether oxygens (including phenoxy) is 3. The van der Waals surface area contributed by atoms with E-state index in [1.807, 2.05) is 0 Å². The summed E-state index contributed by atoms with van der Waals surface area (Å²) >= 11 is 0. The summed E-state index contributed by atoms with van der Waals surface area (Å²) in [5.41, 5.74) is 0.376. The van der Waals surface area contributed by atoms with Gasteiger partial charge in [-0.05, 0) is 12.1 Å². The van der Waals surface area contributed by atoms with Crippen LogP contribution in [-0.2, 0) is 4.74 Å². The highest BCUT2D eigenvalue weighted by atomic mass is 19.1. The van der Waals surface area contributed by atoms with E-state index >= 15 is 0 Å². The van der Waals surface area contributed by atoms with E-state index in [2.05, 4.69) is 0 Å². The average molecular weight is 228 g/mol. The minimum absolute atomic E-state index is 0.0473. The van der Waals surface area contributed by atoms with Gasteiger partial charge in [-0.3, -0.25) is 0 Å². The molecule has 0 aromatic heterocycles. The van der Waals surface area contributed by atoms with E-state index in [0.717, 1.165) is 0 Å². The molecule has 1 aromatic carbocycles. The van der Waals surface area contributed by atoms with Gasteiger partial charge in [0.05, 0.1) is 18.8 Å². The van der Waals surface area contributed by atoms with Crippen molar-refractivity contribution in [3.63, 3.8) is 0 Å². The fourth-order valence-corrected chi connectivity index (χ4v) is 1.57. The summed E-state index contributed by atoms with van der Waals surface area (Å²) in [6, 6.07) is 2.65. The minimum atomic E-state index is -1.14. The van der Waals surface area contributed by atoms with E-state index in [-0.39, 0.29) is 11.5 Å². The van der Waals surface area contributed by atoms with E-state index in [1.54, 1.807) is 0 Å². The number of fused-ring (bicyclic) bond motifs is 1. The fourth-order valence-electron chi connectivity index (χ4n) is 1.57. The van der Waals surface area contributed by atoms with Crippen molar-refractivity contribution in [2.75, 3.05) is 20.3 Å². The highest BCUT2D eigenvalue weighted by Gasteiger charge is 2.22. The van der Waals surface area contributed by atoms with Gasteiger partial charge in [-0.25, -0.2) is 4.39 Å². The molecule has 16 heavy (non-hydrogen) atoms. The number of methoxy groups -OCH3 is 1. The number of benzene rings is 1. The molecule has 0 radical (unpaired) electrons. The molecule has 0 bridgehead atoms. The van der Waals surface area contributed by atoms with Crippen LogP contribution in [0.3, 0.4) is 0 Å². The minimum Gasteiger partial charge on any atom is -0.489 e. The molecule has 5 heteroatoms. The molecule has 0 spiro atoms. The van der Waals surface area contributed by atoms with Gasteiger partial charge < -0.3 is 19.3 Å². The lowest BCUT2D eigenvalue weighted by atomic mass is 10.1. The molecule has 1 aliphatic rings. The Kier molecular flexibility index (Phi) is 3.26. The van der Waals surface area contributed by atoms with Crippen LogP contribution in [-0.4, -0.2) is 25.4 Å². The predicted molar refractivity (Wildman–Crippen MR) is 54.0 cm³/mol. The zero-order valence-corrected chi connectivity index (χ0v) is 8.90. The van der Waals surface area contributed by atoms with E-state index < -0.39 is 12.1 Å². The number of hydrogen-bond donors (Lipinski definition) is 1. The lowest BCUT2D eigenvalue weighted by Crippen LogP contribution is -2.05. The Morgan fingerprint density at radius 1 is 1.31 bits per heavy atom. The number of aliphatic hydroxyl groups is 1. The molecule has 88 valence electrons. The molecule has 1 heterocycles. The second kappa shape index (κ2) is 4.67. The van der Waals surface area contributed by atoms with E-state index in [0.29, 0.717) is 25.2 Å². The zero-order valence-electron chi connectivity index (χ0n) is 8.90. The fraction of sp³-hybridized carbons (Fsp3) is 0.455. The molecule has 0 aliphatic carbocycles. The van der Waals surface area contributed by atoms with Gasteiger partial charge in [0.25, 0.3) is 0 Å². The van der Waals surface area contributed by atoms with Gasteiger partial charge in [-0.2, -0.15) is 0 Å². The van der Waals surface area contributed by atoms with Gasteiger partial charge in [0.2, 0.25) is 0 Å². The van der Waals surface area contributed by atoms with E-state index in [9.17, 15) is 9.50 Å². The van der Waals surface area contributed by atoms with Crippen LogP contribution in [0.2, 0.25) is 0 Å². The number of rotatable bonds is 2. The van der Waals surface area contributed by atoms with Crippen molar-refractivity contribution >= 4 is 0 Å². The molecule has 1 aromatic rings. The molecule has 2 rings (SSSR count). The second-order valence-electron chi connectivity index (χ2n) is 3.43. The smallest absolute Gasteiger partial charge is 0.197 e. The van der Waals surface area contributed by atoms with Gasteiger partial charge in [0.1, 0.15) is 0 Å². The van der Waals surface area contributed by atoms with Gasteiger partial charge in [0, 0.05) is 13.5 Å². The Bertz CT molecular complexity index is 380. The van der Waals surface area contributed by atoms with Crippen molar-refractivity contribution in [1.29, 1.82) is 0 Å². The Morgan fingerprint density at radius 2 is 2.00 bits per heavy atom. The number of halogens is 1. The molecule has 0 saturated heterocycles. The standard InChI is InChI=1S/C11H13FO4/c1-14-11(13)7-3-4-8(12)10-9(7)15-5-2-6-16-10/h3-4,11,13H,2,5-6H2,1H3. The Balaban J connectivity index is 2.47. The summed E-state index contributed by atoms with van der Waals surface area (Å²) in [6.45, 7) is 0.830. The molecule has 1 aliphatic heterocycles. The van der Waals surface area contributed by atoms with Crippen molar-refractivity contribution in [2.45, 2.75) is 12.7 Å². The average Bonchev–Trinajstić information content (AvgIpc) is 2.55. The van der Waals surface area contributed by atoms with E-state index in [4.69, 9.17) is 14.2 Å². The SMILES string of the molecule is COC(O)c1ccc(F)c2c1OCCCO2. The molecule has 0 amide bonds. The Morgan fingerprint density at radius 3 is 2.69 bits per heavy atom. The first-order valence-corrected chi connectivity index (χ1v) is 5.03. The van der Waals surface area contributed by atoms with Gasteiger partial charge >= 0.3 is 0 Å². The quantitative estimate of drug-likeness (QED) is 0.781. The maximum absolute atomic E-state index is 13.5. The molecule has 1 unspecified atom stereocenters. The van der Waals surface area contributed by atoms with Crippen molar-refractivity contribution in [3.05, 3.63) is 23.5 Å². The van der Waals surface area contributed by atoms with Gasteiger partial charge in [0.15, 0.2) is 23.6 Å². The Labute approximate surface area is 92.6 Å². The van der Waals surface area contributed by atoms with Crippen LogP contribution < -0.4 is 9.47 Å². The lowest BCUT2D eigenvalue weighted by Gasteiger charge is -2.16. The van der Waals surface area contributed by atoms with Crippen molar-refractivity contribution < 1.29 is 23.7 Å². The molecule has 0 saturated carbocycles. The van der Waals surface area contributed by atoms with Crippen molar-refractivity contribution in [2.24, 2.45) is 0 Å². The first kappa shape index (κ1) is 11.2. The third kappa shape index (κ3) is 1.96. The summed E-state index contributed by atoms with van der Waals surface area (Å²) in [5.74, 6) is -0.220. The normalized spacial score (nSPS) is 16.7. The molecule has 0 fully saturated rings. The van der Waals surface area contributed by atoms with Gasteiger partial charge in [-0.1, -0.05) is 0 Å². The first-order valence-electron chi connectivity index (χ1n) is 5.03. The maximum atomic E-state index is 13.5. The third-order valence-electron chi connectivity index (χ3n) is 2.37. The van der Waals surface area contributed by atoms with Crippen molar-refractivity contribution in [1.82, 2.24) is 0 Å². The molecule has 4 nitrogen and oxygen atoms in total. The zero-order chi connectivity index (χ0) is 11.5. The third-order valence-corrected chi connectivity index (χ3v) is 2.37. The highest BCUT2D eigenvalue weighted by Crippen LogP contribution is 2.38. The lowest BCUT2D eigenvalue weighted by molar-refractivity contribution is -0.0783. The van der Waals surface area contributed by atoms with Crippen LogP contribution in [0.1, 0.15) is 18.3 Å². The largest absolute Gasteiger partial charge is 0.489 e. The molecule has 1 N–H and O–H groups in total. The van der Waals surface area contributed by atoms with Gasteiger partial charge in [-0.15, -0.1) is 0 Å². The maximum Gasteiger partial charge on any atom is 0.197 e. The number of aliphatic hydroxyl groups excluding tert-OH is 1. The Hall–Kier alpha value is -1.33. The monoisotopic (exact) mass is 228 g/mol. The summed E-state index contributed by atoms with van der Waals surface area (Å²) in [4.78, 5) is 0. The summed E-state index contributed by atoms with van der Waals surface area (Å²) in [7, 11) is 1.36. The summed E-state index contributed by atoms with van der Waals surface area (Å²) < 4.78 is 28.9. The van der Waals surface area contributed by atoms with Crippen LogP contribution in [0.15, 0.2) is 12.1 Å². The predicted octanol–water partition coefficient (Wildman–Crippen LogP) is 1.62. The summed E-state index contributed by atoms with van der Waals surface area (Å²) in [6.07, 6.45) is -0.465. The van der Waals surface area contributed by atoms with E-state index in [1.165, 1.54) is 19.2 Å².